The number of nitrogens with zero attached hydrogens (tertiary/aromatic N) is 1. The quantitative estimate of drug-likeness (QED) is 0.871. The molecule has 0 aromatic heterocycles. The lowest BCUT2D eigenvalue weighted by Gasteiger charge is -2.36. The highest BCUT2D eigenvalue weighted by Gasteiger charge is 2.38. The minimum Gasteiger partial charge on any atom is -0.484 e. The van der Waals surface area contributed by atoms with E-state index >= 15 is 0 Å². The number of amides is 2. The van der Waals surface area contributed by atoms with E-state index in [1.54, 1.807) is 24.3 Å². The van der Waals surface area contributed by atoms with E-state index < -0.39 is 5.91 Å². The zero-order chi connectivity index (χ0) is 17.1. The van der Waals surface area contributed by atoms with Gasteiger partial charge in [0.1, 0.15) is 5.75 Å². The fourth-order valence-corrected chi connectivity index (χ4v) is 3.50. The summed E-state index contributed by atoms with van der Waals surface area (Å²) in [6, 6.07) is 7.81. The molecule has 5 heteroatoms. The van der Waals surface area contributed by atoms with Crippen LogP contribution in [0.4, 0.5) is 0 Å². The predicted molar refractivity (Wildman–Crippen MR) is 91.7 cm³/mol. The van der Waals surface area contributed by atoms with Crippen LogP contribution in [0.15, 0.2) is 24.3 Å². The predicted octanol–water partition coefficient (Wildman–Crippen LogP) is 2.73. The number of rotatable bonds is 6. The lowest BCUT2D eigenvalue weighted by atomic mass is 9.86. The van der Waals surface area contributed by atoms with Gasteiger partial charge in [0.2, 0.25) is 0 Å². The highest BCUT2D eigenvalue weighted by atomic mass is 16.5. The first-order valence-electron chi connectivity index (χ1n) is 8.88. The van der Waals surface area contributed by atoms with Crippen LogP contribution in [0, 0.1) is 5.92 Å². The van der Waals surface area contributed by atoms with Crippen LogP contribution in [0.5, 0.6) is 5.75 Å². The van der Waals surface area contributed by atoms with Gasteiger partial charge in [-0.05, 0) is 68.7 Å². The molecule has 1 aromatic carbocycles. The van der Waals surface area contributed by atoms with E-state index in [-0.39, 0.29) is 12.5 Å². The molecule has 0 heterocycles. The summed E-state index contributed by atoms with van der Waals surface area (Å²) < 4.78 is 5.25. The number of ether oxygens (including phenoxy) is 1. The SMILES string of the molecule is CC1CCC(N(C(=O)c2ccc(OCC(N)=O)cc2)C2CC2)CC1. The molecule has 2 aliphatic carbocycles. The number of carbonyl (C=O) groups excluding carboxylic acids is 2. The van der Waals surface area contributed by atoms with E-state index in [2.05, 4.69) is 11.8 Å². The highest BCUT2D eigenvalue weighted by Crippen LogP contribution is 2.36. The van der Waals surface area contributed by atoms with E-state index in [1.165, 1.54) is 12.8 Å². The van der Waals surface area contributed by atoms with Crippen LogP contribution in [-0.2, 0) is 4.79 Å². The standard InChI is InChI=1S/C19H26N2O3/c1-13-2-6-15(7-3-13)21(16-8-9-16)19(23)14-4-10-17(11-5-14)24-12-18(20)22/h4-5,10-11,13,15-16H,2-3,6-9,12H2,1H3,(H2,20,22). The lowest BCUT2D eigenvalue weighted by Crippen LogP contribution is -2.43. The molecule has 0 atom stereocenters. The van der Waals surface area contributed by atoms with Crippen LogP contribution >= 0.6 is 0 Å². The maximum atomic E-state index is 13.0. The van der Waals surface area contributed by atoms with E-state index in [9.17, 15) is 9.59 Å². The number of carbonyl (C=O) groups is 2. The number of benzene rings is 1. The van der Waals surface area contributed by atoms with Crippen molar-refractivity contribution in [3.8, 4) is 5.75 Å². The molecule has 3 rings (SSSR count). The molecule has 2 saturated carbocycles. The van der Waals surface area contributed by atoms with Crippen LogP contribution in [0.1, 0.15) is 55.8 Å². The second kappa shape index (κ2) is 7.24. The molecule has 2 N–H and O–H groups in total. The van der Waals surface area contributed by atoms with Gasteiger partial charge in [-0.1, -0.05) is 6.92 Å². The smallest absolute Gasteiger partial charge is 0.255 e. The van der Waals surface area contributed by atoms with Gasteiger partial charge in [-0.3, -0.25) is 9.59 Å². The van der Waals surface area contributed by atoms with Gasteiger partial charge in [0, 0.05) is 17.6 Å². The molecule has 2 fully saturated rings. The van der Waals surface area contributed by atoms with E-state index in [4.69, 9.17) is 10.5 Å². The van der Waals surface area contributed by atoms with Crippen molar-refractivity contribution >= 4 is 11.8 Å². The molecule has 0 unspecified atom stereocenters. The first-order chi connectivity index (χ1) is 11.5. The third-order valence-electron chi connectivity index (χ3n) is 5.04. The number of primary amides is 1. The molecule has 0 radical (unpaired) electrons. The van der Waals surface area contributed by atoms with Gasteiger partial charge >= 0.3 is 0 Å². The Morgan fingerprint density at radius 3 is 2.08 bits per heavy atom. The first-order valence-corrected chi connectivity index (χ1v) is 8.88. The summed E-state index contributed by atoms with van der Waals surface area (Å²) in [5.41, 5.74) is 5.75. The summed E-state index contributed by atoms with van der Waals surface area (Å²) in [6.07, 6.45) is 6.89. The maximum Gasteiger partial charge on any atom is 0.255 e. The van der Waals surface area contributed by atoms with Gasteiger partial charge in [-0.2, -0.15) is 0 Å². The van der Waals surface area contributed by atoms with Crippen LogP contribution in [0.3, 0.4) is 0 Å². The molecule has 24 heavy (non-hydrogen) atoms. The zero-order valence-electron chi connectivity index (χ0n) is 14.2. The third-order valence-corrected chi connectivity index (χ3v) is 5.04. The fraction of sp³-hybridized carbons (Fsp3) is 0.579. The van der Waals surface area contributed by atoms with Crippen molar-refractivity contribution in [2.75, 3.05) is 6.61 Å². The van der Waals surface area contributed by atoms with Gasteiger partial charge in [0.25, 0.3) is 11.8 Å². The Hall–Kier alpha value is -2.04. The Bertz CT molecular complexity index is 587. The minimum absolute atomic E-state index is 0.124. The second-order valence-corrected chi connectivity index (χ2v) is 7.14. The average Bonchev–Trinajstić information content (AvgIpc) is 3.40. The van der Waals surface area contributed by atoms with Crippen molar-refractivity contribution in [2.24, 2.45) is 11.7 Å². The third kappa shape index (κ3) is 4.08. The lowest BCUT2D eigenvalue weighted by molar-refractivity contribution is -0.119. The molecule has 1 aromatic rings. The zero-order valence-corrected chi connectivity index (χ0v) is 14.2. The van der Waals surface area contributed by atoms with Crippen molar-refractivity contribution in [3.63, 3.8) is 0 Å². The van der Waals surface area contributed by atoms with Crippen molar-refractivity contribution in [2.45, 2.75) is 57.5 Å². The van der Waals surface area contributed by atoms with Gasteiger partial charge in [0.15, 0.2) is 6.61 Å². The molecule has 5 nitrogen and oxygen atoms in total. The molecular formula is C19H26N2O3. The summed E-state index contributed by atoms with van der Waals surface area (Å²) >= 11 is 0. The molecule has 2 aliphatic rings. The molecule has 0 bridgehead atoms. The Balaban J connectivity index is 1.67. The van der Waals surface area contributed by atoms with E-state index in [0.29, 0.717) is 23.4 Å². The van der Waals surface area contributed by atoms with Gasteiger partial charge in [-0.25, -0.2) is 0 Å². The molecule has 130 valence electrons. The van der Waals surface area contributed by atoms with E-state index in [0.717, 1.165) is 31.6 Å². The van der Waals surface area contributed by atoms with Crippen LogP contribution < -0.4 is 10.5 Å². The molecular weight excluding hydrogens is 304 g/mol. The summed E-state index contributed by atoms with van der Waals surface area (Å²) in [7, 11) is 0. The average molecular weight is 330 g/mol. The van der Waals surface area contributed by atoms with Crippen molar-refractivity contribution in [3.05, 3.63) is 29.8 Å². The number of hydrogen-bond donors (Lipinski definition) is 1. The maximum absolute atomic E-state index is 13.0. The monoisotopic (exact) mass is 330 g/mol. The van der Waals surface area contributed by atoms with Gasteiger partial charge in [-0.15, -0.1) is 0 Å². The number of nitrogens with two attached hydrogens (primary N) is 1. The molecule has 0 saturated heterocycles. The topological polar surface area (TPSA) is 72.6 Å². The van der Waals surface area contributed by atoms with Crippen molar-refractivity contribution < 1.29 is 14.3 Å². The van der Waals surface area contributed by atoms with Crippen molar-refractivity contribution in [1.82, 2.24) is 4.90 Å². The van der Waals surface area contributed by atoms with Crippen molar-refractivity contribution in [1.29, 1.82) is 0 Å². The Labute approximate surface area is 143 Å². The fourth-order valence-electron chi connectivity index (χ4n) is 3.50. The van der Waals surface area contributed by atoms with Gasteiger partial charge < -0.3 is 15.4 Å². The normalized spacial score (nSPS) is 23.5. The summed E-state index contributed by atoms with van der Waals surface area (Å²) in [6.45, 7) is 2.14. The van der Waals surface area contributed by atoms with Crippen LogP contribution in [0.2, 0.25) is 0 Å². The number of hydrogen-bond acceptors (Lipinski definition) is 3. The van der Waals surface area contributed by atoms with Gasteiger partial charge in [0.05, 0.1) is 0 Å². The Kier molecular flexibility index (Phi) is 5.07. The first kappa shape index (κ1) is 16.8. The Morgan fingerprint density at radius 1 is 1.04 bits per heavy atom. The summed E-state index contributed by atoms with van der Waals surface area (Å²) in [5.74, 6) is 0.939. The largest absolute Gasteiger partial charge is 0.484 e. The summed E-state index contributed by atoms with van der Waals surface area (Å²) in [5, 5.41) is 0. The highest BCUT2D eigenvalue weighted by molar-refractivity contribution is 5.95. The molecule has 2 amide bonds. The van der Waals surface area contributed by atoms with Crippen LogP contribution in [0.25, 0.3) is 0 Å². The minimum atomic E-state index is -0.512. The van der Waals surface area contributed by atoms with E-state index in [1.807, 2.05) is 0 Å². The molecule has 0 spiro atoms. The summed E-state index contributed by atoms with van der Waals surface area (Å²) in [4.78, 5) is 25.9. The second-order valence-electron chi connectivity index (χ2n) is 7.14. The molecule has 0 aliphatic heterocycles. The Morgan fingerprint density at radius 2 is 1.58 bits per heavy atom. The van der Waals surface area contributed by atoms with Crippen LogP contribution in [-0.4, -0.2) is 35.4 Å².